The van der Waals surface area contributed by atoms with Crippen molar-refractivity contribution in [2.45, 2.75) is 19.1 Å². The van der Waals surface area contributed by atoms with Crippen LogP contribution in [0.25, 0.3) is 0 Å². The molecule has 0 fully saturated rings. The number of hydrogen-bond donors (Lipinski definition) is 1. The average molecular weight is 520 g/mol. The van der Waals surface area contributed by atoms with Crippen LogP contribution in [-0.2, 0) is 15.7 Å². The highest BCUT2D eigenvalue weighted by Gasteiger charge is 2.44. The Morgan fingerprint density at radius 3 is 2.70 bits per heavy atom. The van der Waals surface area contributed by atoms with Crippen LogP contribution in [0.4, 0.5) is 18.9 Å². The quantitative estimate of drug-likeness (QED) is 0.602. The summed E-state index contributed by atoms with van der Waals surface area (Å²) in [4.78, 5) is 16.2. The highest BCUT2D eigenvalue weighted by molar-refractivity contribution is 9.10. The molecule has 0 saturated heterocycles. The molecule has 0 amide bonds. The molecule has 7 nitrogen and oxygen atoms in total. The summed E-state index contributed by atoms with van der Waals surface area (Å²) in [6, 6.07) is 11.2. The van der Waals surface area contributed by atoms with E-state index in [4.69, 9.17) is 4.74 Å². The van der Waals surface area contributed by atoms with E-state index in [-0.39, 0.29) is 17.9 Å². The summed E-state index contributed by atoms with van der Waals surface area (Å²) in [5.74, 6) is -0.294. The van der Waals surface area contributed by atoms with Crippen molar-refractivity contribution in [1.29, 1.82) is 5.26 Å². The van der Waals surface area contributed by atoms with Crippen LogP contribution in [0.2, 0.25) is 0 Å². The maximum absolute atomic E-state index is 13.4. The van der Waals surface area contributed by atoms with Gasteiger partial charge in [0.15, 0.2) is 0 Å². The zero-order chi connectivity index (χ0) is 23.9. The number of nitrogens with zero attached hydrogens (tertiary/aromatic N) is 4. The first-order valence-corrected chi connectivity index (χ1v) is 10.5. The molecule has 2 heterocycles. The maximum Gasteiger partial charge on any atom is 0.416 e. The van der Waals surface area contributed by atoms with Gasteiger partial charge in [-0.1, -0.05) is 28.1 Å². The fraction of sp³-hybridized carbons (Fsp3) is 0.227. The molecule has 1 N–H and O–H groups in total. The molecule has 0 radical (unpaired) electrons. The van der Waals surface area contributed by atoms with Gasteiger partial charge in [-0.05, 0) is 42.8 Å². The van der Waals surface area contributed by atoms with E-state index < -0.39 is 23.8 Å². The number of ether oxygens (including phenoxy) is 1. The number of esters is 1. The molecular weight excluding hydrogens is 503 g/mol. The van der Waals surface area contributed by atoms with Crippen molar-refractivity contribution >= 4 is 33.5 Å². The molecule has 0 aromatic heterocycles. The van der Waals surface area contributed by atoms with Crippen molar-refractivity contribution in [2.24, 2.45) is 5.10 Å². The van der Waals surface area contributed by atoms with Crippen molar-refractivity contribution in [2.75, 3.05) is 18.7 Å². The van der Waals surface area contributed by atoms with Gasteiger partial charge in [0, 0.05) is 15.9 Å². The van der Waals surface area contributed by atoms with Gasteiger partial charge in [-0.15, -0.1) is 5.10 Å². The van der Waals surface area contributed by atoms with E-state index in [1.165, 1.54) is 24.1 Å². The molecule has 1 unspecified atom stereocenters. The van der Waals surface area contributed by atoms with E-state index in [0.29, 0.717) is 27.3 Å². The smallest absolute Gasteiger partial charge is 0.416 e. The van der Waals surface area contributed by atoms with Gasteiger partial charge in [0.1, 0.15) is 6.67 Å². The van der Waals surface area contributed by atoms with E-state index in [1.54, 1.807) is 30.0 Å². The number of guanidine groups is 1. The maximum atomic E-state index is 13.4. The Morgan fingerprint density at radius 2 is 2.06 bits per heavy atom. The van der Waals surface area contributed by atoms with Gasteiger partial charge in [0.2, 0.25) is 5.96 Å². The molecule has 0 spiro atoms. The van der Waals surface area contributed by atoms with Crippen LogP contribution >= 0.6 is 15.9 Å². The number of carbonyl (C=O) groups excluding carboxylic acids is 1. The van der Waals surface area contributed by atoms with Crippen LogP contribution in [0, 0.1) is 11.3 Å². The predicted octanol–water partition coefficient (Wildman–Crippen LogP) is 4.48. The number of anilines is 1. The van der Waals surface area contributed by atoms with Crippen LogP contribution in [0.1, 0.15) is 29.7 Å². The summed E-state index contributed by atoms with van der Waals surface area (Å²) in [6.07, 6.45) is -4.53. The molecule has 11 heteroatoms. The lowest BCUT2D eigenvalue weighted by Gasteiger charge is -2.42. The number of carbonyl (C=O) groups is 1. The van der Waals surface area contributed by atoms with E-state index in [1.807, 2.05) is 0 Å². The molecule has 2 aromatic rings. The first-order valence-electron chi connectivity index (χ1n) is 9.70. The van der Waals surface area contributed by atoms with Crippen LogP contribution in [0.3, 0.4) is 0 Å². The number of allylic oxidation sites excluding steroid dienone is 1. The first kappa shape index (κ1) is 22.7. The summed E-state index contributed by atoms with van der Waals surface area (Å²) in [5.41, 5.74) is 3.96. The minimum Gasteiger partial charge on any atom is -0.466 e. The van der Waals surface area contributed by atoms with Crippen molar-refractivity contribution in [3.63, 3.8) is 0 Å². The minimum absolute atomic E-state index is 0.202. The molecule has 33 heavy (non-hydrogen) atoms. The molecule has 2 aromatic carbocycles. The highest BCUT2D eigenvalue weighted by atomic mass is 79.9. The number of fused-ring (bicyclic) bond motifs is 1. The van der Waals surface area contributed by atoms with Crippen molar-refractivity contribution in [3.8, 4) is 6.07 Å². The van der Waals surface area contributed by atoms with Gasteiger partial charge in [-0.25, -0.2) is 4.79 Å². The average Bonchev–Trinajstić information content (AvgIpc) is 3.26. The Morgan fingerprint density at radius 1 is 1.30 bits per heavy atom. The molecule has 0 aliphatic carbocycles. The number of alkyl halides is 3. The van der Waals surface area contributed by atoms with E-state index in [0.717, 1.165) is 12.1 Å². The van der Waals surface area contributed by atoms with Gasteiger partial charge >= 0.3 is 12.1 Å². The number of halogens is 4. The summed E-state index contributed by atoms with van der Waals surface area (Å²) >= 11 is 3.48. The zero-order valence-electron chi connectivity index (χ0n) is 17.4. The first-order chi connectivity index (χ1) is 15.7. The van der Waals surface area contributed by atoms with Crippen LogP contribution < -0.4 is 10.3 Å². The second-order valence-corrected chi connectivity index (χ2v) is 8.18. The van der Waals surface area contributed by atoms with Gasteiger partial charge in [0.25, 0.3) is 0 Å². The lowest BCUT2D eigenvalue weighted by molar-refractivity contribution is -0.138. The predicted molar refractivity (Wildman–Crippen MR) is 118 cm³/mol. The Balaban J connectivity index is 1.93. The highest BCUT2D eigenvalue weighted by Crippen LogP contribution is 2.43. The fourth-order valence-corrected chi connectivity index (χ4v) is 4.56. The van der Waals surface area contributed by atoms with Crippen molar-refractivity contribution in [1.82, 2.24) is 10.3 Å². The Hall–Kier alpha value is -3.52. The second-order valence-electron chi connectivity index (χ2n) is 7.32. The van der Waals surface area contributed by atoms with E-state index in [9.17, 15) is 23.2 Å². The van der Waals surface area contributed by atoms with E-state index >= 15 is 0 Å². The lowest BCUT2D eigenvalue weighted by atomic mass is 9.92. The number of nitrogens with one attached hydrogen (secondary N) is 1. The third-order valence-corrected chi connectivity index (χ3v) is 6.14. The molecule has 0 bridgehead atoms. The molecule has 2 aliphatic rings. The largest absolute Gasteiger partial charge is 0.466 e. The molecule has 170 valence electrons. The number of methoxy groups -OCH3 is 1. The molecular formula is C22H17BrF3N5O2. The van der Waals surface area contributed by atoms with Crippen molar-refractivity contribution < 1.29 is 22.7 Å². The number of rotatable bonds is 3. The standard InChI is InChI=1S/C22H17BrF3N5O2/c1-12-18(20(32)33-2)19(16-7-6-13(10-27)8-17(16)23)30-11-28-29-21(30)31(12)15-5-3-4-14(9-15)22(24,25)26/h3-9,19,28H,11H2,1-2H3. The molecule has 1 atom stereocenters. The summed E-state index contributed by atoms with van der Waals surface area (Å²) in [7, 11) is 1.24. The third-order valence-electron chi connectivity index (χ3n) is 5.45. The Bertz CT molecular complexity index is 1240. The normalized spacial score (nSPS) is 17.8. The third kappa shape index (κ3) is 3.91. The monoisotopic (exact) mass is 519 g/mol. The van der Waals surface area contributed by atoms with E-state index in [2.05, 4.69) is 32.5 Å². The number of hydrazone groups is 1. The Kier molecular flexibility index (Phi) is 5.80. The number of benzene rings is 2. The van der Waals surface area contributed by atoms with Crippen LogP contribution in [-0.4, -0.2) is 30.6 Å². The summed E-state index contributed by atoms with van der Waals surface area (Å²) in [5, 5.41) is 13.5. The fourth-order valence-electron chi connectivity index (χ4n) is 3.97. The topological polar surface area (TPSA) is 81.0 Å². The number of nitriles is 1. The molecule has 2 aliphatic heterocycles. The van der Waals surface area contributed by atoms with Crippen LogP contribution in [0.5, 0.6) is 0 Å². The van der Waals surface area contributed by atoms with Gasteiger partial charge in [-0.3, -0.25) is 10.3 Å². The van der Waals surface area contributed by atoms with Gasteiger partial charge in [0.05, 0.1) is 35.9 Å². The van der Waals surface area contributed by atoms with Crippen LogP contribution in [0.15, 0.2) is 63.3 Å². The van der Waals surface area contributed by atoms with Gasteiger partial charge in [-0.2, -0.15) is 18.4 Å². The number of hydrogen-bond acceptors (Lipinski definition) is 7. The summed E-state index contributed by atoms with van der Waals surface area (Å²) < 4.78 is 45.7. The molecule has 0 saturated carbocycles. The second kappa shape index (κ2) is 8.44. The Labute approximate surface area is 195 Å². The van der Waals surface area contributed by atoms with Gasteiger partial charge < -0.3 is 9.64 Å². The minimum atomic E-state index is -4.53. The zero-order valence-corrected chi connectivity index (χ0v) is 19.0. The van der Waals surface area contributed by atoms with Crippen molar-refractivity contribution in [3.05, 3.63) is 74.9 Å². The lowest BCUT2D eigenvalue weighted by Crippen LogP contribution is -2.50. The molecule has 4 rings (SSSR count). The summed E-state index contributed by atoms with van der Waals surface area (Å²) in [6.45, 7) is 1.84. The SMILES string of the molecule is COC(=O)C1=C(C)N(c2cccc(C(F)(F)F)c2)C2=NNCN2C1c1ccc(C#N)cc1Br.